The standard InChI is InChI=1S/C20H30O3/c1-18(2)9-4-10-19(3)15(18)7-11-20(13-23-20)16(19)6-5-14-8-12-22-17(14)21/h5,15-16H,4,6-13H2,1-3H3/t15-,16+,19-,20?/m0/s1. The first kappa shape index (κ1) is 15.7. The van der Waals surface area contributed by atoms with Crippen LogP contribution >= 0.6 is 0 Å². The van der Waals surface area contributed by atoms with E-state index in [0.29, 0.717) is 23.4 Å². The highest BCUT2D eigenvalue weighted by Gasteiger charge is 2.64. The van der Waals surface area contributed by atoms with E-state index in [-0.39, 0.29) is 11.6 Å². The van der Waals surface area contributed by atoms with Crippen molar-refractivity contribution in [2.45, 2.75) is 71.3 Å². The summed E-state index contributed by atoms with van der Waals surface area (Å²) in [5, 5.41) is 0. The van der Waals surface area contributed by atoms with Crippen LogP contribution in [0.5, 0.6) is 0 Å². The Balaban J connectivity index is 1.63. The number of hydrogen-bond donors (Lipinski definition) is 0. The van der Waals surface area contributed by atoms with E-state index in [1.807, 2.05) is 0 Å². The maximum absolute atomic E-state index is 11.8. The van der Waals surface area contributed by atoms with Crippen LogP contribution in [0.1, 0.15) is 65.7 Å². The normalized spacial score (nSPS) is 46.7. The Kier molecular flexibility index (Phi) is 3.46. The monoisotopic (exact) mass is 318 g/mol. The van der Waals surface area contributed by atoms with Crippen LogP contribution in [0.2, 0.25) is 0 Å². The summed E-state index contributed by atoms with van der Waals surface area (Å²) in [6, 6.07) is 0. The van der Waals surface area contributed by atoms with Crippen molar-refractivity contribution in [1.29, 1.82) is 0 Å². The summed E-state index contributed by atoms with van der Waals surface area (Å²) in [6.45, 7) is 8.92. The van der Waals surface area contributed by atoms with E-state index < -0.39 is 0 Å². The van der Waals surface area contributed by atoms with Crippen molar-refractivity contribution < 1.29 is 14.3 Å². The van der Waals surface area contributed by atoms with Gasteiger partial charge in [0.1, 0.15) is 0 Å². The number of carbonyl (C=O) groups excluding carboxylic acids is 1. The lowest BCUT2D eigenvalue weighted by Gasteiger charge is -2.59. The van der Waals surface area contributed by atoms with Crippen LogP contribution in [-0.2, 0) is 14.3 Å². The van der Waals surface area contributed by atoms with Crippen molar-refractivity contribution in [3.63, 3.8) is 0 Å². The summed E-state index contributed by atoms with van der Waals surface area (Å²) in [5.41, 5.74) is 1.77. The molecule has 0 aromatic carbocycles. The van der Waals surface area contributed by atoms with Crippen LogP contribution in [-0.4, -0.2) is 24.8 Å². The molecule has 1 spiro atoms. The van der Waals surface area contributed by atoms with Gasteiger partial charge in [-0.15, -0.1) is 0 Å². The lowest BCUT2D eigenvalue weighted by Crippen LogP contribution is -2.54. The van der Waals surface area contributed by atoms with Gasteiger partial charge in [-0.1, -0.05) is 33.3 Å². The maximum atomic E-state index is 11.8. The zero-order chi connectivity index (χ0) is 16.3. The quantitative estimate of drug-likeness (QED) is 0.434. The van der Waals surface area contributed by atoms with Gasteiger partial charge in [-0.3, -0.25) is 0 Å². The Labute approximate surface area is 139 Å². The second-order valence-corrected chi connectivity index (χ2v) is 9.20. The number of carbonyl (C=O) groups is 1. The number of fused-ring (bicyclic) bond motifs is 1. The van der Waals surface area contributed by atoms with Gasteiger partial charge in [0.05, 0.1) is 18.8 Å². The van der Waals surface area contributed by atoms with E-state index in [1.54, 1.807) is 0 Å². The van der Waals surface area contributed by atoms with Gasteiger partial charge in [0, 0.05) is 12.0 Å². The average Bonchev–Trinajstić information content (AvgIpc) is 3.12. The zero-order valence-electron chi connectivity index (χ0n) is 14.8. The van der Waals surface area contributed by atoms with Gasteiger partial charge < -0.3 is 9.47 Å². The molecule has 0 aromatic rings. The summed E-state index contributed by atoms with van der Waals surface area (Å²) in [7, 11) is 0. The van der Waals surface area contributed by atoms with E-state index in [4.69, 9.17) is 9.47 Å². The van der Waals surface area contributed by atoms with Crippen LogP contribution in [0.4, 0.5) is 0 Å². The molecule has 2 aliphatic heterocycles. The second-order valence-electron chi connectivity index (χ2n) is 9.20. The molecule has 1 unspecified atom stereocenters. The minimum Gasteiger partial charge on any atom is -0.462 e. The zero-order valence-corrected chi connectivity index (χ0v) is 14.8. The first-order chi connectivity index (χ1) is 10.9. The first-order valence-electron chi connectivity index (χ1n) is 9.38. The van der Waals surface area contributed by atoms with Crippen molar-refractivity contribution >= 4 is 5.97 Å². The topological polar surface area (TPSA) is 38.8 Å². The van der Waals surface area contributed by atoms with Gasteiger partial charge in [-0.25, -0.2) is 4.79 Å². The first-order valence-corrected chi connectivity index (χ1v) is 9.38. The van der Waals surface area contributed by atoms with E-state index in [2.05, 4.69) is 26.8 Å². The summed E-state index contributed by atoms with van der Waals surface area (Å²) in [5.74, 6) is 1.23. The minimum absolute atomic E-state index is 0.0998. The molecule has 0 N–H and O–H groups in total. The van der Waals surface area contributed by atoms with E-state index in [1.165, 1.54) is 32.1 Å². The fourth-order valence-corrected chi connectivity index (χ4v) is 6.28. The number of allylic oxidation sites excluding steroid dienone is 1. The Hall–Kier alpha value is -0.830. The molecular weight excluding hydrogens is 288 g/mol. The van der Waals surface area contributed by atoms with Gasteiger partial charge in [0.2, 0.25) is 0 Å². The summed E-state index contributed by atoms with van der Waals surface area (Å²) >= 11 is 0. The Morgan fingerprint density at radius 1 is 1.22 bits per heavy atom. The summed E-state index contributed by atoms with van der Waals surface area (Å²) in [4.78, 5) is 11.8. The Morgan fingerprint density at radius 2 is 2.00 bits per heavy atom. The minimum atomic E-state index is -0.0998. The SMILES string of the molecule is CC1(C)CCC[C@@]2(C)[C@H]1CCC1(CO1)[C@@H]2CC=C1CCOC1=O. The van der Waals surface area contributed by atoms with E-state index >= 15 is 0 Å². The number of hydrogen-bond acceptors (Lipinski definition) is 3. The number of cyclic esters (lactones) is 1. The van der Waals surface area contributed by atoms with Crippen LogP contribution in [0.3, 0.4) is 0 Å². The molecule has 4 atom stereocenters. The largest absolute Gasteiger partial charge is 0.462 e. The van der Waals surface area contributed by atoms with Crippen LogP contribution in [0, 0.1) is 22.7 Å². The predicted molar refractivity (Wildman–Crippen MR) is 88.9 cm³/mol. The maximum Gasteiger partial charge on any atom is 0.333 e. The number of ether oxygens (including phenoxy) is 2. The molecule has 3 nitrogen and oxygen atoms in total. The highest BCUT2D eigenvalue weighted by molar-refractivity contribution is 5.90. The molecule has 3 heteroatoms. The lowest BCUT2D eigenvalue weighted by molar-refractivity contribution is -0.135. The third-order valence-electron chi connectivity index (χ3n) is 7.55. The highest BCUT2D eigenvalue weighted by Crippen LogP contribution is 2.66. The number of rotatable bonds is 2. The molecule has 2 saturated heterocycles. The molecule has 0 bridgehead atoms. The van der Waals surface area contributed by atoms with Gasteiger partial charge in [-0.05, 0) is 54.8 Å². The molecular formula is C20H30O3. The molecule has 0 amide bonds. The van der Waals surface area contributed by atoms with Crippen LogP contribution < -0.4 is 0 Å². The molecule has 2 aliphatic carbocycles. The van der Waals surface area contributed by atoms with E-state index in [0.717, 1.165) is 30.9 Å². The van der Waals surface area contributed by atoms with Crippen molar-refractivity contribution in [3.05, 3.63) is 11.6 Å². The Morgan fingerprint density at radius 3 is 2.65 bits per heavy atom. The highest BCUT2D eigenvalue weighted by atomic mass is 16.6. The molecule has 4 rings (SSSR count). The molecule has 0 aromatic heterocycles. The fourth-order valence-electron chi connectivity index (χ4n) is 6.28. The van der Waals surface area contributed by atoms with Crippen LogP contribution in [0.15, 0.2) is 11.6 Å². The van der Waals surface area contributed by atoms with Gasteiger partial charge in [-0.2, -0.15) is 0 Å². The average molecular weight is 318 g/mol. The van der Waals surface area contributed by atoms with Crippen molar-refractivity contribution in [3.8, 4) is 0 Å². The van der Waals surface area contributed by atoms with E-state index in [9.17, 15) is 4.79 Å². The Bertz CT molecular complexity index is 543. The molecule has 23 heavy (non-hydrogen) atoms. The molecule has 128 valence electrons. The molecule has 2 heterocycles. The second kappa shape index (κ2) is 5.08. The van der Waals surface area contributed by atoms with Gasteiger partial charge >= 0.3 is 5.97 Å². The summed E-state index contributed by atoms with van der Waals surface area (Å²) < 4.78 is 11.1. The molecule has 0 radical (unpaired) electrons. The van der Waals surface area contributed by atoms with Crippen molar-refractivity contribution in [2.24, 2.45) is 22.7 Å². The molecule has 4 aliphatic rings. The van der Waals surface area contributed by atoms with Crippen LogP contribution in [0.25, 0.3) is 0 Å². The third-order valence-corrected chi connectivity index (χ3v) is 7.55. The molecule has 2 saturated carbocycles. The predicted octanol–water partition coefficient (Wildman–Crippen LogP) is 4.26. The number of epoxide rings is 1. The molecule has 4 fully saturated rings. The van der Waals surface area contributed by atoms with Crippen molar-refractivity contribution in [1.82, 2.24) is 0 Å². The fraction of sp³-hybridized carbons (Fsp3) is 0.850. The number of esters is 1. The van der Waals surface area contributed by atoms with Crippen molar-refractivity contribution in [2.75, 3.05) is 13.2 Å². The summed E-state index contributed by atoms with van der Waals surface area (Å²) in [6.07, 6.45) is 10.4. The van der Waals surface area contributed by atoms with Gasteiger partial charge in [0.25, 0.3) is 0 Å². The van der Waals surface area contributed by atoms with Gasteiger partial charge in [0.15, 0.2) is 0 Å². The lowest BCUT2D eigenvalue weighted by atomic mass is 9.46. The smallest absolute Gasteiger partial charge is 0.333 e. The third kappa shape index (κ3) is 2.38.